The number of likely N-dealkylation sites (N-methyl/N-ethyl adjacent to an activating group) is 1. The highest BCUT2D eigenvalue weighted by Crippen LogP contribution is 1.96. The Bertz CT molecular complexity index is 223. The van der Waals surface area contributed by atoms with E-state index in [0.29, 0.717) is 6.61 Å². The van der Waals surface area contributed by atoms with Gasteiger partial charge in [-0.15, -0.1) is 0 Å². The van der Waals surface area contributed by atoms with Crippen LogP contribution in [-0.2, 0) is 9.53 Å². The molecular formula is C12H25NO4. The van der Waals surface area contributed by atoms with Gasteiger partial charge in [0.25, 0.3) is 0 Å². The lowest BCUT2D eigenvalue weighted by molar-refractivity contribution is -0.891. The second kappa shape index (κ2) is 10.3. The first kappa shape index (κ1) is 18.5. The van der Waals surface area contributed by atoms with Crippen LogP contribution in [0.4, 0.5) is 0 Å². The molecule has 0 radical (unpaired) electrons. The van der Waals surface area contributed by atoms with E-state index in [4.69, 9.17) is 19.7 Å². The molecule has 0 saturated heterocycles. The summed E-state index contributed by atoms with van der Waals surface area (Å²) in [5, 5.41) is 17.7. The summed E-state index contributed by atoms with van der Waals surface area (Å²) >= 11 is 0. The molecule has 0 spiro atoms. The minimum absolute atomic E-state index is 0.230. The summed E-state index contributed by atoms with van der Waals surface area (Å²) in [5.74, 6) is -1.08. The highest BCUT2D eigenvalue weighted by molar-refractivity contribution is 5.60. The van der Waals surface area contributed by atoms with Gasteiger partial charge in [-0.3, -0.25) is 0 Å². The van der Waals surface area contributed by atoms with E-state index in [2.05, 4.69) is 20.7 Å². The van der Waals surface area contributed by atoms with Gasteiger partial charge in [-0.25, -0.2) is 0 Å². The third kappa shape index (κ3) is 21.0. The van der Waals surface area contributed by atoms with Crippen molar-refractivity contribution in [2.45, 2.75) is 13.8 Å². The van der Waals surface area contributed by atoms with Crippen molar-refractivity contribution in [2.24, 2.45) is 0 Å². The van der Waals surface area contributed by atoms with Gasteiger partial charge >= 0.3 is 0 Å². The average Bonchev–Trinajstić information content (AvgIpc) is 2.11. The monoisotopic (exact) mass is 247 g/mol. The van der Waals surface area contributed by atoms with Crippen LogP contribution in [0.2, 0.25) is 0 Å². The van der Waals surface area contributed by atoms with Crippen molar-refractivity contribution < 1.29 is 24.2 Å². The molecule has 0 bridgehead atoms. The molecule has 5 heteroatoms. The average molecular weight is 247 g/mol. The molecule has 0 aromatic carbocycles. The Balaban J connectivity index is 0. The minimum atomic E-state index is -1.08. The molecule has 17 heavy (non-hydrogen) atoms. The van der Waals surface area contributed by atoms with Gasteiger partial charge in [-0.2, -0.15) is 0 Å². The molecule has 0 heterocycles. The number of aliphatic carboxylic acids is 1. The van der Waals surface area contributed by atoms with Gasteiger partial charge < -0.3 is 24.2 Å². The predicted octanol–water partition coefficient (Wildman–Crippen LogP) is -0.596. The number of ether oxygens (including phenoxy) is 1. The smallest absolute Gasteiger partial charge is 0.102 e. The Kier molecular flexibility index (Phi) is 11.1. The number of aliphatic hydroxyl groups excluding tert-OH is 1. The number of rotatable bonds is 7. The van der Waals surface area contributed by atoms with E-state index in [0.717, 1.165) is 36.7 Å². The number of nitrogens with zero attached hydrogens (tertiary/aromatic N) is 1. The molecule has 0 aliphatic rings. The Morgan fingerprint density at radius 1 is 1.35 bits per heavy atom. The number of carboxylic acid groups (broad SMARTS) is 1. The molecule has 0 aliphatic carbocycles. The Morgan fingerprint density at radius 2 is 1.82 bits per heavy atom. The van der Waals surface area contributed by atoms with Gasteiger partial charge in [0.15, 0.2) is 0 Å². The number of carbonyl (C=O) groups excluding carboxylic acids is 1. The zero-order valence-electron chi connectivity index (χ0n) is 11.4. The number of quaternary nitrogens is 1. The predicted molar refractivity (Wildman–Crippen MR) is 65.2 cm³/mol. The van der Waals surface area contributed by atoms with E-state index in [1.54, 1.807) is 0 Å². The van der Waals surface area contributed by atoms with Gasteiger partial charge in [0.05, 0.1) is 33.9 Å². The summed E-state index contributed by atoms with van der Waals surface area (Å²) < 4.78 is 6.18. The molecular weight excluding hydrogens is 222 g/mol. The van der Waals surface area contributed by atoms with Gasteiger partial charge in [0, 0.05) is 5.97 Å². The van der Waals surface area contributed by atoms with E-state index < -0.39 is 5.97 Å². The first-order valence-electron chi connectivity index (χ1n) is 5.54. The van der Waals surface area contributed by atoms with Crippen molar-refractivity contribution in [2.75, 3.05) is 47.0 Å². The van der Waals surface area contributed by atoms with Crippen LogP contribution in [0.15, 0.2) is 12.2 Å². The van der Waals surface area contributed by atoms with Gasteiger partial charge in [0.2, 0.25) is 0 Å². The Morgan fingerprint density at radius 3 is 2.18 bits per heavy atom. The molecule has 0 fully saturated rings. The fourth-order valence-electron chi connectivity index (χ4n) is 0.941. The standard InChI is InChI=1S/C10H22NO2.C2H4O2/c1-10(2)9-13-8-6-11(3,4)5-7-12;1-2(3)4/h12H,1,5-9H2,2-4H3;1H3,(H,3,4)/q+1;/p-1. The van der Waals surface area contributed by atoms with Crippen LogP contribution in [0.1, 0.15) is 13.8 Å². The summed E-state index contributed by atoms with van der Waals surface area (Å²) in [5.41, 5.74) is 1.05. The van der Waals surface area contributed by atoms with Crippen LogP contribution in [0.3, 0.4) is 0 Å². The third-order valence-electron chi connectivity index (χ3n) is 1.89. The van der Waals surface area contributed by atoms with Crippen LogP contribution in [0.5, 0.6) is 0 Å². The zero-order chi connectivity index (χ0) is 13.9. The van der Waals surface area contributed by atoms with Gasteiger partial charge in [0.1, 0.15) is 13.1 Å². The molecule has 0 aromatic heterocycles. The summed E-state index contributed by atoms with van der Waals surface area (Å²) in [4.78, 5) is 8.89. The van der Waals surface area contributed by atoms with Gasteiger partial charge in [-0.05, 0) is 13.8 Å². The van der Waals surface area contributed by atoms with E-state index in [9.17, 15) is 0 Å². The number of carboxylic acids is 1. The van der Waals surface area contributed by atoms with Crippen LogP contribution in [0, 0.1) is 0 Å². The van der Waals surface area contributed by atoms with Gasteiger partial charge in [-0.1, -0.05) is 12.2 Å². The van der Waals surface area contributed by atoms with E-state index in [-0.39, 0.29) is 6.61 Å². The van der Waals surface area contributed by atoms with Crippen molar-refractivity contribution >= 4 is 5.97 Å². The van der Waals surface area contributed by atoms with Crippen LogP contribution in [0.25, 0.3) is 0 Å². The van der Waals surface area contributed by atoms with E-state index >= 15 is 0 Å². The molecule has 0 aromatic rings. The third-order valence-corrected chi connectivity index (χ3v) is 1.89. The van der Waals surface area contributed by atoms with E-state index in [1.165, 1.54) is 0 Å². The molecule has 0 atom stereocenters. The van der Waals surface area contributed by atoms with Crippen molar-refractivity contribution in [1.29, 1.82) is 0 Å². The lowest BCUT2D eigenvalue weighted by Gasteiger charge is -2.28. The summed E-state index contributed by atoms with van der Waals surface area (Å²) in [6.45, 7) is 9.97. The zero-order valence-corrected chi connectivity index (χ0v) is 11.4. The Labute approximate surface area is 104 Å². The topological polar surface area (TPSA) is 69.6 Å². The molecule has 0 aliphatic heterocycles. The first-order chi connectivity index (χ1) is 7.71. The first-order valence-corrected chi connectivity index (χ1v) is 5.54. The van der Waals surface area contributed by atoms with Crippen LogP contribution in [-0.4, -0.2) is 62.6 Å². The lowest BCUT2D eigenvalue weighted by atomic mass is 10.4. The summed E-state index contributed by atoms with van der Waals surface area (Å²) in [6.07, 6.45) is 0. The number of hydrogen-bond acceptors (Lipinski definition) is 4. The largest absolute Gasteiger partial charge is 0.550 e. The van der Waals surface area contributed by atoms with Crippen molar-refractivity contribution in [1.82, 2.24) is 0 Å². The number of hydrogen-bond donors (Lipinski definition) is 1. The maximum atomic E-state index is 8.89. The van der Waals surface area contributed by atoms with Crippen LogP contribution >= 0.6 is 0 Å². The number of carbonyl (C=O) groups is 1. The molecule has 0 saturated carbocycles. The highest BCUT2D eigenvalue weighted by atomic mass is 16.5. The second-order valence-electron chi connectivity index (χ2n) is 4.61. The Hall–Kier alpha value is -0.910. The van der Waals surface area contributed by atoms with Crippen molar-refractivity contribution in [3.8, 4) is 0 Å². The second-order valence-corrected chi connectivity index (χ2v) is 4.61. The minimum Gasteiger partial charge on any atom is -0.550 e. The summed E-state index contributed by atoms with van der Waals surface area (Å²) in [6, 6.07) is 0. The molecule has 0 amide bonds. The SMILES string of the molecule is C=C(C)COCC[N+](C)(C)CCO.CC(=O)[O-]. The van der Waals surface area contributed by atoms with Crippen molar-refractivity contribution in [3.63, 3.8) is 0 Å². The number of aliphatic hydroxyl groups is 1. The maximum Gasteiger partial charge on any atom is 0.102 e. The fourth-order valence-corrected chi connectivity index (χ4v) is 0.941. The van der Waals surface area contributed by atoms with Crippen LogP contribution < -0.4 is 5.11 Å². The van der Waals surface area contributed by atoms with E-state index in [1.807, 2.05) is 6.92 Å². The molecule has 102 valence electrons. The fraction of sp³-hybridized carbons (Fsp3) is 0.750. The molecule has 0 rings (SSSR count). The van der Waals surface area contributed by atoms with Crippen molar-refractivity contribution in [3.05, 3.63) is 12.2 Å². The quantitative estimate of drug-likeness (QED) is 0.371. The molecule has 1 N–H and O–H groups in total. The maximum absolute atomic E-state index is 8.89. The molecule has 5 nitrogen and oxygen atoms in total. The lowest BCUT2D eigenvalue weighted by Crippen LogP contribution is -2.44. The summed E-state index contributed by atoms with van der Waals surface area (Å²) in [7, 11) is 4.17. The normalized spacial score (nSPS) is 10.4. The highest BCUT2D eigenvalue weighted by Gasteiger charge is 2.12. The molecule has 0 unspecified atom stereocenters.